The van der Waals surface area contributed by atoms with Crippen LogP contribution in [0.1, 0.15) is 53.2 Å². The molecule has 0 unspecified atom stereocenters. The molecule has 3 aromatic rings. The molecule has 3 nitrogen and oxygen atoms in total. The van der Waals surface area contributed by atoms with Crippen molar-refractivity contribution >= 4 is 28.7 Å². The summed E-state index contributed by atoms with van der Waals surface area (Å²) in [5, 5.41) is 0.622. The minimum absolute atomic E-state index is 0.0465. The summed E-state index contributed by atoms with van der Waals surface area (Å²) in [4.78, 5) is 12.2. The highest BCUT2D eigenvalue weighted by Gasteiger charge is 2.23. The third-order valence-corrected chi connectivity index (χ3v) is 5.77. The first-order valence-electron chi connectivity index (χ1n) is 10.7. The van der Waals surface area contributed by atoms with Crippen LogP contribution in [0.15, 0.2) is 66.7 Å². The zero-order valence-electron chi connectivity index (χ0n) is 17.9. The Kier molecular flexibility index (Phi) is 6.91. The second-order valence-corrected chi connectivity index (χ2v) is 8.08. The van der Waals surface area contributed by atoms with Crippen molar-refractivity contribution in [1.82, 2.24) is 0 Å². The first kappa shape index (κ1) is 22.1. The molecule has 0 radical (unpaired) electrons. The van der Waals surface area contributed by atoms with Crippen LogP contribution in [0.5, 0.6) is 5.75 Å². The van der Waals surface area contributed by atoms with Gasteiger partial charge in [-0.15, -0.1) is 0 Å². The molecule has 0 atom stereocenters. The molecule has 5 heteroatoms. The number of esters is 1. The standard InChI is InChI=1S/C27H24ClFO3/c1-2-31-27(30)24-15-19(11-13-25(24)29)21-9-6-10-22(21)23-16-20(28)12-14-26(23)32-17-18-7-4-3-5-8-18/h3-5,7-8,11-16H,2,6,9-10,17H2,1H3. The predicted molar refractivity (Wildman–Crippen MR) is 125 cm³/mol. The monoisotopic (exact) mass is 450 g/mol. The second kappa shape index (κ2) is 10.0. The van der Waals surface area contributed by atoms with Gasteiger partial charge in [0.25, 0.3) is 0 Å². The number of halogens is 2. The molecule has 0 bridgehead atoms. The molecule has 164 valence electrons. The first-order chi connectivity index (χ1) is 15.6. The van der Waals surface area contributed by atoms with E-state index in [1.807, 2.05) is 48.5 Å². The lowest BCUT2D eigenvalue weighted by atomic mass is 9.95. The van der Waals surface area contributed by atoms with Gasteiger partial charge in [0.1, 0.15) is 18.2 Å². The lowest BCUT2D eigenvalue weighted by Crippen LogP contribution is -2.07. The molecular weight excluding hydrogens is 427 g/mol. The quantitative estimate of drug-likeness (QED) is 0.353. The Hall–Kier alpha value is -3.11. The van der Waals surface area contributed by atoms with Gasteiger partial charge in [-0.05, 0) is 78.8 Å². The summed E-state index contributed by atoms with van der Waals surface area (Å²) in [6.45, 7) is 2.34. The van der Waals surface area contributed by atoms with Crippen molar-refractivity contribution in [3.63, 3.8) is 0 Å². The Morgan fingerprint density at radius 3 is 2.56 bits per heavy atom. The van der Waals surface area contributed by atoms with Crippen LogP contribution in [0.2, 0.25) is 5.02 Å². The van der Waals surface area contributed by atoms with Crippen molar-refractivity contribution < 1.29 is 18.7 Å². The molecule has 3 aromatic carbocycles. The van der Waals surface area contributed by atoms with Gasteiger partial charge in [-0.1, -0.05) is 48.0 Å². The lowest BCUT2D eigenvalue weighted by molar-refractivity contribution is 0.0521. The van der Waals surface area contributed by atoms with Gasteiger partial charge in [-0.25, -0.2) is 9.18 Å². The Morgan fingerprint density at radius 2 is 1.78 bits per heavy atom. The molecule has 0 spiro atoms. The second-order valence-electron chi connectivity index (χ2n) is 7.64. The van der Waals surface area contributed by atoms with Crippen molar-refractivity contribution in [2.24, 2.45) is 0 Å². The Morgan fingerprint density at radius 1 is 1.00 bits per heavy atom. The van der Waals surface area contributed by atoms with Crippen molar-refractivity contribution in [2.45, 2.75) is 32.8 Å². The summed E-state index contributed by atoms with van der Waals surface area (Å²) in [7, 11) is 0. The van der Waals surface area contributed by atoms with Gasteiger partial charge in [0, 0.05) is 10.6 Å². The van der Waals surface area contributed by atoms with Crippen LogP contribution < -0.4 is 4.74 Å². The maximum absolute atomic E-state index is 14.3. The smallest absolute Gasteiger partial charge is 0.341 e. The van der Waals surface area contributed by atoms with Crippen molar-refractivity contribution in [3.8, 4) is 5.75 Å². The summed E-state index contributed by atoms with van der Waals surface area (Å²) >= 11 is 6.34. The Labute approximate surface area is 192 Å². The fourth-order valence-corrected chi connectivity index (χ4v) is 4.21. The number of carbonyl (C=O) groups excluding carboxylic acids is 1. The summed E-state index contributed by atoms with van der Waals surface area (Å²) in [6, 6.07) is 20.2. The molecule has 0 amide bonds. The molecule has 0 fully saturated rings. The van der Waals surface area contributed by atoms with Gasteiger partial charge in [0.2, 0.25) is 0 Å². The third-order valence-electron chi connectivity index (χ3n) is 5.53. The topological polar surface area (TPSA) is 35.5 Å². The summed E-state index contributed by atoms with van der Waals surface area (Å²) < 4.78 is 25.4. The van der Waals surface area contributed by atoms with Crippen molar-refractivity contribution in [1.29, 1.82) is 0 Å². The number of hydrogen-bond donors (Lipinski definition) is 0. The fraction of sp³-hybridized carbons (Fsp3) is 0.222. The summed E-state index contributed by atoms with van der Waals surface area (Å²) in [6.07, 6.45) is 2.64. The molecule has 0 aliphatic heterocycles. The molecule has 0 N–H and O–H groups in total. The van der Waals surface area contributed by atoms with E-state index in [0.29, 0.717) is 11.6 Å². The van der Waals surface area contributed by atoms with Gasteiger partial charge in [-0.3, -0.25) is 0 Å². The number of carbonyl (C=O) groups is 1. The molecule has 4 rings (SSSR count). The van der Waals surface area contributed by atoms with Gasteiger partial charge in [0.15, 0.2) is 0 Å². The van der Waals surface area contributed by atoms with E-state index >= 15 is 0 Å². The molecule has 0 aromatic heterocycles. The molecule has 0 saturated heterocycles. The van der Waals surface area contributed by atoms with Crippen LogP contribution in [-0.2, 0) is 11.3 Å². The molecular formula is C27H24ClFO3. The van der Waals surface area contributed by atoms with E-state index in [1.165, 1.54) is 6.07 Å². The maximum Gasteiger partial charge on any atom is 0.341 e. The predicted octanol–water partition coefficient (Wildman–Crippen LogP) is 7.33. The molecule has 0 saturated carbocycles. The number of hydrogen-bond acceptors (Lipinski definition) is 3. The fourth-order valence-electron chi connectivity index (χ4n) is 4.04. The highest BCUT2D eigenvalue weighted by atomic mass is 35.5. The van der Waals surface area contributed by atoms with Crippen LogP contribution in [0.3, 0.4) is 0 Å². The van der Waals surface area contributed by atoms with Gasteiger partial charge in [-0.2, -0.15) is 0 Å². The average molecular weight is 451 g/mol. The van der Waals surface area contributed by atoms with Crippen LogP contribution >= 0.6 is 11.6 Å². The van der Waals surface area contributed by atoms with Crippen LogP contribution in [0.25, 0.3) is 11.1 Å². The highest BCUT2D eigenvalue weighted by Crippen LogP contribution is 2.44. The largest absolute Gasteiger partial charge is 0.488 e. The number of allylic oxidation sites excluding steroid dienone is 2. The van der Waals surface area contributed by atoms with E-state index in [4.69, 9.17) is 21.1 Å². The van der Waals surface area contributed by atoms with E-state index in [1.54, 1.807) is 19.1 Å². The first-order valence-corrected chi connectivity index (χ1v) is 11.1. The van der Waals surface area contributed by atoms with E-state index in [0.717, 1.165) is 52.8 Å². The Bertz CT molecular complexity index is 1150. The van der Waals surface area contributed by atoms with Crippen LogP contribution in [0.4, 0.5) is 4.39 Å². The number of ether oxygens (including phenoxy) is 2. The van der Waals surface area contributed by atoms with E-state index in [-0.39, 0.29) is 12.2 Å². The van der Waals surface area contributed by atoms with Gasteiger partial charge < -0.3 is 9.47 Å². The molecule has 1 aliphatic carbocycles. The molecule has 32 heavy (non-hydrogen) atoms. The Balaban J connectivity index is 1.72. The summed E-state index contributed by atoms with van der Waals surface area (Å²) in [5.74, 6) is -0.482. The summed E-state index contributed by atoms with van der Waals surface area (Å²) in [5.41, 5.74) is 4.96. The molecule has 1 aliphatic rings. The van der Waals surface area contributed by atoms with Gasteiger partial charge >= 0.3 is 5.97 Å². The normalized spacial score (nSPS) is 13.3. The van der Waals surface area contributed by atoms with E-state index < -0.39 is 11.8 Å². The van der Waals surface area contributed by atoms with E-state index in [2.05, 4.69) is 0 Å². The van der Waals surface area contributed by atoms with Crippen LogP contribution in [0, 0.1) is 5.82 Å². The third kappa shape index (κ3) is 4.86. The zero-order valence-corrected chi connectivity index (χ0v) is 18.6. The maximum atomic E-state index is 14.3. The zero-order chi connectivity index (χ0) is 22.5. The minimum Gasteiger partial charge on any atom is -0.488 e. The van der Waals surface area contributed by atoms with Crippen molar-refractivity contribution in [3.05, 3.63) is 99.8 Å². The van der Waals surface area contributed by atoms with Crippen molar-refractivity contribution in [2.75, 3.05) is 6.61 Å². The number of benzene rings is 3. The minimum atomic E-state index is -0.651. The number of rotatable bonds is 7. The highest BCUT2D eigenvalue weighted by molar-refractivity contribution is 6.30. The average Bonchev–Trinajstić information content (AvgIpc) is 3.29. The molecule has 0 heterocycles. The van der Waals surface area contributed by atoms with Gasteiger partial charge in [0.05, 0.1) is 12.2 Å². The SMILES string of the molecule is CCOC(=O)c1cc(C2=C(c3cc(Cl)ccc3OCc3ccccc3)CCC2)ccc1F. The lowest BCUT2D eigenvalue weighted by Gasteiger charge is -2.16. The van der Waals surface area contributed by atoms with Crippen LogP contribution in [-0.4, -0.2) is 12.6 Å². The van der Waals surface area contributed by atoms with E-state index in [9.17, 15) is 9.18 Å².